The molecule has 8 rings (SSSR count). The highest BCUT2D eigenvalue weighted by Gasteiger charge is 2.42. The number of carbonyl (C=O) groups excluding carboxylic acids is 3. The van der Waals surface area contributed by atoms with Crippen LogP contribution in [0.4, 0.5) is 0 Å². The number of phenolic OH excluding ortho intramolecular Hbond substituents is 1. The Labute approximate surface area is 381 Å². The molecule has 1 aromatic heterocycles. The van der Waals surface area contributed by atoms with Crippen molar-refractivity contribution in [2.45, 2.75) is 43.6 Å². The molecule has 5 aromatic rings. The van der Waals surface area contributed by atoms with E-state index in [-0.39, 0.29) is 57.7 Å². The quantitative estimate of drug-likeness (QED) is 0.0682. The number of benzene rings is 4. The molecule has 4 aromatic carbocycles. The van der Waals surface area contributed by atoms with Crippen molar-refractivity contribution in [2.24, 2.45) is 17.8 Å². The van der Waals surface area contributed by atoms with E-state index >= 15 is 0 Å². The van der Waals surface area contributed by atoms with Gasteiger partial charge in [0, 0.05) is 50.7 Å². The number of piperidine rings is 2. The summed E-state index contributed by atoms with van der Waals surface area (Å²) in [5.41, 5.74) is 2.16. The van der Waals surface area contributed by atoms with Crippen LogP contribution in [0.2, 0.25) is 0 Å². The molecule has 0 aliphatic carbocycles. The number of ether oxygens (including phenoxy) is 2. The fourth-order valence-electron chi connectivity index (χ4n) is 9.01. The van der Waals surface area contributed by atoms with Crippen LogP contribution in [0.3, 0.4) is 0 Å². The Morgan fingerprint density at radius 1 is 0.831 bits per heavy atom. The first-order valence-corrected chi connectivity index (χ1v) is 23.5. The van der Waals surface area contributed by atoms with Gasteiger partial charge in [-0.3, -0.25) is 19.3 Å². The number of aromatic hydroxyl groups is 1. The Balaban J connectivity index is 0.773. The summed E-state index contributed by atoms with van der Waals surface area (Å²) in [6.45, 7) is 5.50. The van der Waals surface area contributed by atoms with E-state index in [2.05, 4.69) is 39.5 Å². The van der Waals surface area contributed by atoms with Crippen molar-refractivity contribution in [3.63, 3.8) is 0 Å². The molecular weight excluding hydrogens is 843 g/mol. The average Bonchev–Trinajstić information content (AvgIpc) is 3.31. The number of rotatable bonds is 17. The normalized spacial score (nSPS) is 17.9. The summed E-state index contributed by atoms with van der Waals surface area (Å²) in [6, 6.07) is 32.5. The number of amides is 2. The van der Waals surface area contributed by atoms with Gasteiger partial charge in [0.1, 0.15) is 21.0 Å². The molecule has 5 N–H and O–H groups in total. The molecule has 14 nitrogen and oxygen atoms in total. The van der Waals surface area contributed by atoms with Gasteiger partial charge in [0.05, 0.1) is 24.1 Å². The highest BCUT2D eigenvalue weighted by molar-refractivity contribution is 6.60. The van der Waals surface area contributed by atoms with Gasteiger partial charge in [-0.2, -0.15) is 0 Å². The molecule has 2 radical (unpaired) electrons. The van der Waals surface area contributed by atoms with E-state index in [1.54, 1.807) is 41.3 Å². The molecule has 3 aliphatic heterocycles. The Morgan fingerprint density at radius 2 is 1.54 bits per heavy atom. The number of pyridine rings is 1. The molecule has 2 amide bonds. The topological polar surface area (TPSA) is 185 Å². The van der Waals surface area contributed by atoms with Crippen molar-refractivity contribution in [1.82, 2.24) is 25.0 Å². The zero-order valence-electron chi connectivity index (χ0n) is 36.4. The Bertz CT molecular complexity index is 2470. The summed E-state index contributed by atoms with van der Waals surface area (Å²) in [5.74, 6) is -0.405. The van der Waals surface area contributed by atoms with E-state index < -0.39 is 17.3 Å². The third-order valence-corrected chi connectivity index (χ3v) is 14.4. The number of nitrogens with zero attached hydrogens (tertiary/aromatic N) is 3. The molecule has 3 fully saturated rings. The average molecular weight is 900 g/mol. The number of carbonyl (C=O) groups is 3. The van der Waals surface area contributed by atoms with Gasteiger partial charge in [0.2, 0.25) is 11.5 Å². The highest BCUT2D eigenvalue weighted by atomic mass is 28.2. The first-order chi connectivity index (χ1) is 31.5. The number of aliphatic hydroxyl groups is 2. The fourth-order valence-corrected chi connectivity index (χ4v) is 10.3. The number of hydrogen-bond donors (Lipinski definition) is 5. The monoisotopic (exact) mass is 899 g/mol. The molecule has 0 bridgehead atoms. The molecule has 0 spiro atoms. The molecule has 1 unspecified atom stereocenters. The second kappa shape index (κ2) is 21.0. The van der Waals surface area contributed by atoms with Crippen molar-refractivity contribution < 1.29 is 39.2 Å². The standard InChI is InChI=1S/C50H57N5O9Si/c56-43-16-14-41(42-15-17-45(58)52-47(42)43)44(57)28-51-27-34-20-24-54(25-21-34)48(60)37-30-55(31-37)46(59)33-63-39-11-7-10-38(26-39)50(62,65-40-12-5-2-6-13-40)49(61)64-32-36-18-22-53(23-19-36)29-35-8-3-1-4-9-35/h1-17,26,34,36-37,44,51,56-57,62H,18-25,27-33H2,(H,52,58)/t44-,50?/m0/s1. The second-order valence-corrected chi connectivity index (χ2v) is 19.1. The summed E-state index contributed by atoms with van der Waals surface area (Å²) < 4.78 is 11.8. The summed E-state index contributed by atoms with van der Waals surface area (Å²) in [5, 5.41) is 36.0. The summed E-state index contributed by atoms with van der Waals surface area (Å²) in [7, 11) is -0.333. The van der Waals surface area contributed by atoms with Crippen molar-refractivity contribution >= 4 is 43.4 Å². The van der Waals surface area contributed by atoms with Crippen LogP contribution < -0.4 is 20.8 Å². The van der Waals surface area contributed by atoms with E-state index in [1.807, 2.05) is 41.3 Å². The van der Waals surface area contributed by atoms with Gasteiger partial charge in [0.15, 0.2) is 11.8 Å². The largest absolute Gasteiger partial charge is 0.506 e. The number of aliphatic hydroxyl groups excluding tert-OH is 1. The number of aromatic amines is 1. The first-order valence-electron chi connectivity index (χ1n) is 22.5. The minimum atomic E-state index is -1.97. The van der Waals surface area contributed by atoms with E-state index in [0.717, 1.165) is 50.5 Å². The van der Waals surface area contributed by atoms with Crippen LogP contribution in [0.1, 0.15) is 48.5 Å². The number of aromatic nitrogens is 1. The zero-order chi connectivity index (χ0) is 45.3. The van der Waals surface area contributed by atoms with Crippen LogP contribution in [0.5, 0.6) is 11.5 Å². The number of esters is 1. The van der Waals surface area contributed by atoms with Crippen LogP contribution in [0.15, 0.2) is 114 Å². The molecule has 3 aliphatic rings. The molecule has 4 heterocycles. The Hall–Kier alpha value is -5.84. The van der Waals surface area contributed by atoms with Gasteiger partial charge in [-0.25, -0.2) is 4.79 Å². The minimum absolute atomic E-state index is 0.0423. The number of phenols is 1. The van der Waals surface area contributed by atoms with Crippen molar-refractivity contribution in [3.05, 3.63) is 136 Å². The first kappa shape index (κ1) is 45.7. The lowest BCUT2D eigenvalue weighted by Crippen LogP contribution is -2.58. The SMILES string of the molecule is O=C(COc1cccc(C(O)([Si]c2ccccc2)C(=O)OCC2CCN(Cc3ccccc3)CC2)c1)N1CC(C(=O)N2CCC(CNC[C@H](O)c3ccc(O)c4[nH]c(=O)ccc34)CC2)C1. The second-order valence-electron chi connectivity index (χ2n) is 17.5. The third-order valence-electron chi connectivity index (χ3n) is 13.0. The molecular formula is C50H57N5O9Si. The van der Waals surface area contributed by atoms with Crippen LogP contribution in [0.25, 0.3) is 10.9 Å². The summed E-state index contributed by atoms with van der Waals surface area (Å²) in [6.07, 6.45) is 2.57. The molecule has 2 atom stereocenters. The van der Waals surface area contributed by atoms with Crippen molar-refractivity contribution in [2.75, 3.05) is 65.6 Å². The number of H-pyrrole nitrogens is 1. The van der Waals surface area contributed by atoms with E-state index in [0.29, 0.717) is 73.0 Å². The number of hydrogen-bond acceptors (Lipinski definition) is 11. The lowest BCUT2D eigenvalue weighted by atomic mass is 9.93. The summed E-state index contributed by atoms with van der Waals surface area (Å²) >= 11 is 0. The van der Waals surface area contributed by atoms with Gasteiger partial charge >= 0.3 is 5.97 Å². The predicted octanol–water partition coefficient (Wildman–Crippen LogP) is 3.26. The number of nitrogens with one attached hydrogen (secondary N) is 2. The van der Waals surface area contributed by atoms with Crippen molar-refractivity contribution in [1.29, 1.82) is 0 Å². The van der Waals surface area contributed by atoms with E-state index in [4.69, 9.17) is 9.47 Å². The summed E-state index contributed by atoms with van der Waals surface area (Å²) in [4.78, 5) is 60.7. The van der Waals surface area contributed by atoms with Gasteiger partial charge in [-0.1, -0.05) is 84.0 Å². The highest BCUT2D eigenvalue weighted by Crippen LogP contribution is 2.30. The smallest absolute Gasteiger partial charge is 0.338 e. The number of likely N-dealkylation sites (tertiary alicyclic amines) is 3. The van der Waals surface area contributed by atoms with Gasteiger partial charge in [0.25, 0.3) is 5.91 Å². The van der Waals surface area contributed by atoms with Gasteiger partial charge in [-0.05, 0) is 98.1 Å². The van der Waals surface area contributed by atoms with E-state index in [9.17, 15) is 34.5 Å². The van der Waals surface area contributed by atoms with Crippen LogP contribution in [-0.4, -0.2) is 128 Å². The fraction of sp³-hybridized carbons (Fsp3) is 0.400. The lowest BCUT2D eigenvalue weighted by molar-refractivity contribution is -0.160. The minimum Gasteiger partial charge on any atom is -0.506 e. The molecule has 340 valence electrons. The molecule has 0 saturated carbocycles. The number of fused-ring (bicyclic) bond motifs is 1. The molecule has 15 heteroatoms. The van der Waals surface area contributed by atoms with Crippen LogP contribution in [0, 0.1) is 17.8 Å². The Kier molecular flexibility index (Phi) is 14.8. The maximum Gasteiger partial charge on any atom is 0.338 e. The lowest BCUT2D eigenvalue weighted by Gasteiger charge is -2.42. The van der Waals surface area contributed by atoms with Gasteiger partial charge in [-0.15, -0.1) is 0 Å². The molecule has 65 heavy (non-hydrogen) atoms. The van der Waals surface area contributed by atoms with Gasteiger partial charge < -0.3 is 44.9 Å². The van der Waals surface area contributed by atoms with E-state index in [1.165, 1.54) is 17.7 Å². The molecule has 3 saturated heterocycles. The van der Waals surface area contributed by atoms with Crippen LogP contribution in [-0.2, 0) is 30.9 Å². The zero-order valence-corrected chi connectivity index (χ0v) is 37.4. The Morgan fingerprint density at radius 3 is 2.28 bits per heavy atom. The predicted molar refractivity (Wildman–Crippen MR) is 247 cm³/mol. The van der Waals surface area contributed by atoms with Crippen LogP contribution >= 0.6 is 0 Å². The maximum atomic E-state index is 13.9. The third kappa shape index (κ3) is 11.3. The van der Waals surface area contributed by atoms with Crippen molar-refractivity contribution in [3.8, 4) is 11.5 Å². The maximum absolute atomic E-state index is 13.9.